The third kappa shape index (κ3) is 12.6. The zero-order valence-corrected chi connectivity index (χ0v) is 21.0. The largest absolute Gasteiger partial charge is 0.467 e. The van der Waals surface area contributed by atoms with Crippen molar-refractivity contribution in [3.63, 3.8) is 0 Å². The summed E-state index contributed by atoms with van der Waals surface area (Å²) in [5.74, 6) is -1.50. The third-order valence-corrected chi connectivity index (χ3v) is 4.64. The Labute approximate surface area is 205 Å². The number of hydrogen-bond acceptors (Lipinski definition) is 8. The molecule has 0 radical (unpaired) electrons. The Morgan fingerprint density at radius 1 is 1.00 bits per heavy atom. The van der Waals surface area contributed by atoms with Crippen molar-refractivity contribution >= 4 is 24.1 Å². The number of hydrogen-bond donors (Lipinski definition) is 4. The van der Waals surface area contributed by atoms with Crippen LogP contribution in [0.4, 0.5) is 9.59 Å². The zero-order valence-electron chi connectivity index (χ0n) is 21.0. The smallest absolute Gasteiger partial charge is 0.408 e. The van der Waals surface area contributed by atoms with Gasteiger partial charge in [-0.15, -0.1) is 0 Å². The minimum atomic E-state index is -1.29. The molecule has 0 aliphatic heterocycles. The molecule has 0 bridgehead atoms. The molecule has 1 aromatic carbocycles. The molecule has 196 valence electrons. The number of alkyl carbamates (subject to hydrolysis) is 2. The van der Waals surface area contributed by atoms with Gasteiger partial charge in [0.1, 0.15) is 18.2 Å². The van der Waals surface area contributed by atoms with Gasteiger partial charge in [-0.25, -0.2) is 14.4 Å². The van der Waals surface area contributed by atoms with Crippen LogP contribution < -0.4 is 16.0 Å². The van der Waals surface area contributed by atoms with Gasteiger partial charge in [0.2, 0.25) is 5.91 Å². The molecule has 3 atom stereocenters. The van der Waals surface area contributed by atoms with Crippen molar-refractivity contribution in [2.75, 3.05) is 13.7 Å². The Morgan fingerprint density at radius 3 is 2.23 bits per heavy atom. The number of carbonyl (C=O) groups excluding carboxylic acids is 4. The van der Waals surface area contributed by atoms with Gasteiger partial charge in [0.25, 0.3) is 0 Å². The summed E-state index contributed by atoms with van der Waals surface area (Å²) in [6.45, 7) is 6.84. The highest BCUT2D eigenvalue weighted by atomic mass is 16.6. The molecule has 3 amide bonds. The highest BCUT2D eigenvalue weighted by Gasteiger charge is 2.31. The normalized spacial score (nSPS) is 13.5. The molecule has 0 aliphatic rings. The molecule has 4 N–H and O–H groups in total. The van der Waals surface area contributed by atoms with E-state index in [0.717, 1.165) is 12.7 Å². The van der Waals surface area contributed by atoms with Gasteiger partial charge in [-0.1, -0.05) is 30.3 Å². The lowest BCUT2D eigenvalue weighted by molar-refractivity contribution is -0.148. The summed E-state index contributed by atoms with van der Waals surface area (Å²) >= 11 is 0. The number of amides is 3. The van der Waals surface area contributed by atoms with Gasteiger partial charge in [0, 0.05) is 6.54 Å². The number of rotatable bonds is 12. The first kappa shape index (κ1) is 29.7. The van der Waals surface area contributed by atoms with Crippen LogP contribution in [0, 0.1) is 0 Å². The summed E-state index contributed by atoms with van der Waals surface area (Å²) in [6, 6.07) is 6.93. The Balaban J connectivity index is 2.59. The van der Waals surface area contributed by atoms with E-state index in [1.807, 2.05) is 30.3 Å². The molecule has 0 heterocycles. The molecule has 0 aromatic heterocycles. The van der Waals surface area contributed by atoms with Gasteiger partial charge >= 0.3 is 18.2 Å². The summed E-state index contributed by atoms with van der Waals surface area (Å²) in [6.07, 6.45) is -1.43. The first-order valence-corrected chi connectivity index (χ1v) is 11.4. The van der Waals surface area contributed by atoms with E-state index in [1.165, 1.54) is 6.92 Å². The van der Waals surface area contributed by atoms with Crippen LogP contribution in [-0.2, 0) is 30.4 Å². The van der Waals surface area contributed by atoms with E-state index < -0.39 is 47.9 Å². The van der Waals surface area contributed by atoms with Crippen molar-refractivity contribution in [3.8, 4) is 0 Å². The number of nitrogens with one attached hydrogen (secondary N) is 3. The minimum Gasteiger partial charge on any atom is -0.467 e. The van der Waals surface area contributed by atoms with Gasteiger partial charge in [0.15, 0.2) is 6.04 Å². The Kier molecular flexibility index (Phi) is 12.6. The van der Waals surface area contributed by atoms with Gasteiger partial charge < -0.3 is 35.3 Å². The van der Waals surface area contributed by atoms with Gasteiger partial charge in [-0.3, -0.25) is 4.79 Å². The van der Waals surface area contributed by atoms with E-state index in [1.54, 1.807) is 20.8 Å². The predicted molar refractivity (Wildman–Crippen MR) is 127 cm³/mol. The van der Waals surface area contributed by atoms with Crippen LogP contribution in [0.25, 0.3) is 0 Å². The van der Waals surface area contributed by atoms with Gasteiger partial charge in [-0.2, -0.15) is 0 Å². The van der Waals surface area contributed by atoms with E-state index in [0.29, 0.717) is 19.4 Å². The second kappa shape index (κ2) is 14.8. The van der Waals surface area contributed by atoms with Crippen LogP contribution in [0.1, 0.15) is 52.5 Å². The molecule has 0 fully saturated rings. The number of esters is 1. The van der Waals surface area contributed by atoms with Crippen LogP contribution in [0.2, 0.25) is 0 Å². The van der Waals surface area contributed by atoms with Crippen molar-refractivity contribution in [1.29, 1.82) is 0 Å². The van der Waals surface area contributed by atoms with E-state index >= 15 is 0 Å². The minimum absolute atomic E-state index is 0.152. The molecule has 0 unspecified atom stereocenters. The maximum absolute atomic E-state index is 12.8. The molecule has 35 heavy (non-hydrogen) atoms. The van der Waals surface area contributed by atoms with Crippen molar-refractivity contribution < 1.29 is 38.5 Å². The molecule has 0 aliphatic carbocycles. The topological polar surface area (TPSA) is 152 Å². The first-order chi connectivity index (χ1) is 16.4. The van der Waals surface area contributed by atoms with Crippen LogP contribution in [0.5, 0.6) is 0 Å². The molecule has 0 saturated carbocycles. The number of methoxy groups -OCH3 is 1. The summed E-state index contributed by atoms with van der Waals surface area (Å²) in [7, 11) is 1.14. The quantitative estimate of drug-likeness (QED) is 0.195. The first-order valence-electron chi connectivity index (χ1n) is 11.4. The van der Waals surface area contributed by atoms with Crippen LogP contribution in [-0.4, -0.2) is 66.6 Å². The van der Waals surface area contributed by atoms with Crippen molar-refractivity contribution in [3.05, 3.63) is 35.9 Å². The summed E-state index contributed by atoms with van der Waals surface area (Å²) < 4.78 is 15.0. The lowest BCUT2D eigenvalue weighted by Crippen LogP contribution is -2.55. The van der Waals surface area contributed by atoms with Crippen LogP contribution in [0.3, 0.4) is 0 Å². The molecular weight excluding hydrogens is 458 g/mol. The highest BCUT2D eigenvalue weighted by Crippen LogP contribution is 2.09. The number of benzene rings is 1. The zero-order chi connectivity index (χ0) is 26.4. The van der Waals surface area contributed by atoms with Crippen LogP contribution >= 0.6 is 0 Å². The van der Waals surface area contributed by atoms with Gasteiger partial charge in [-0.05, 0) is 52.5 Å². The number of unbranched alkanes of at least 4 members (excludes halogenated alkanes) is 1. The molecule has 1 rings (SSSR count). The second-order valence-electron chi connectivity index (χ2n) is 8.93. The molecule has 11 heteroatoms. The summed E-state index contributed by atoms with van der Waals surface area (Å²) in [5, 5.41) is 17.3. The van der Waals surface area contributed by atoms with E-state index in [9.17, 15) is 24.3 Å². The SMILES string of the molecule is COC(=O)[C@@H](NC(=O)[C@H](CCCCNC(=O)OCc1ccccc1)NC(=O)OC(C)(C)C)[C@@H](C)O. The average Bonchev–Trinajstić information content (AvgIpc) is 2.78. The van der Waals surface area contributed by atoms with Crippen molar-refractivity contribution in [2.24, 2.45) is 0 Å². The Morgan fingerprint density at radius 2 is 1.66 bits per heavy atom. The molecule has 0 saturated heterocycles. The molecule has 11 nitrogen and oxygen atoms in total. The van der Waals surface area contributed by atoms with Gasteiger partial charge in [0.05, 0.1) is 13.2 Å². The molecular formula is C24H37N3O8. The number of carbonyl (C=O) groups is 4. The summed E-state index contributed by atoms with van der Waals surface area (Å²) in [5.41, 5.74) is 0.0933. The lowest BCUT2D eigenvalue weighted by atomic mass is 10.1. The monoisotopic (exact) mass is 495 g/mol. The van der Waals surface area contributed by atoms with Crippen LogP contribution in [0.15, 0.2) is 30.3 Å². The fourth-order valence-electron chi connectivity index (χ4n) is 2.91. The number of aliphatic hydroxyl groups excluding tert-OH is 1. The third-order valence-electron chi connectivity index (χ3n) is 4.64. The molecule has 1 aromatic rings. The Bertz CT molecular complexity index is 824. The lowest BCUT2D eigenvalue weighted by Gasteiger charge is -2.25. The van der Waals surface area contributed by atoms with E-state index in [4.69, 9.17) is 9.47 Å². The standard InChI is InChI=1S/C24H37N3O8/c1-16(28)19(21(30)33-5)27-20(29)18(26-23(32)35-24(2,3)4)13-9-10-14-25-22(31)34-15-17-11-7-6-8-12-17/h6-8,11-12,16,18-19,28H,9-10,13-15H2,1-5H3,(H,25,31)(H,26,32)(H,27,29)/t16-,18+,19+/m1/s1. The average molecular weight is 496 g/mol. The number of aliphatic hydroxyl groups is 1. The molecule has 0 spiro atoms. The van der Waals surface area contributed by atoms with E-state index in [-0.39, 0.29) is 13.0 Å². The van der Waals surface area contributed by atoms with Crippen molar-refractivity contribution in [1.82, 2.24) is 16.0 Å². The van der Waals surface area contributed by atoms with Crippen molar-refractivity contribution in [2.45, 2.75) is 77.4 Å². The summed E-state index contributed by atoms with van der Waals surface area (Å²) in [4.78, 5) is 48.7. The highest BCUT2D eigenvalue weighted by molar-refractivity contribution is 5.89. The Hall–Kier alpha value is -3.34. The number of ether oxygens (including phenoxy) is 3. The fourth-order valence-corrected chi connectivity index (χ4v) is 2.91. The second-order valence-corrected chi connectivity index (χ2v) is 8.93. The predicted octanol–water partition coefficient (Wildman–Crippen LogP) is 2.02. The maximum Gasteiger partial charge on any atom is 0.408 e. The fraction of sp³-hybridized carbons (Fsp3) is 0.583. The van der Waals surface area contributed by atoms with E-state index in [2.05, 4.69) is 20.7 Å². The maximum atomic E-state index is 12.8.